The third kappa shape index (κ3) is 5.20. The number of hydrogen-bond acceptors (Lipinski definition) is 3. The second kappa shape index (κ2) is 7.30. The number of rotatable bonds is 7. The molecule has 0 radical (unpaired) electrons. The van der Waals surface area contributed by atoms with Crippen LogP contribution < -0.4 is 10.5 Å². The molecule has 1 aromatic carbocycles. The largest absolute Gasteiger partial charge is 0.491 e. The van der Waals surface area contributed by atoms with Crippen molar-refractivity contribution >= 4 is 0 Å². The fourth-order valence-electron chi connectivity index (χ4n) is 1.52. The van der Waals surface area contributed by atoms with Crippen molar-refractivity contribution in [3.63, 3.8) is 0 Å². The Bertz CT molecular complexity index is 324. The van der Waals surface area contributed by atoms with Gasteiger partial charge in [-0.15, -0.1) is 0 Å². The smallest absolute Gasteiger partial charge is 0.124 e. The van der Waals surface area contributed by atoms with Gasteiger partial charge in [-0.3, -0.25) is 0 Å². The lowest BCUT2D eigenvalue weighted by Gasteiger charge is -2.14. The summed E-state index contributed by atoms with van der Waals surface area (Å²) in [6.07, 6.45) is 0. The standard InChI is InChI=1S/C14H23NO2/c1-11(2)10-16-8-9-17-14-7-5-4-6-13(14)12(3)15/h4-7,11-12H,8-10,15H2,1-3H3/t12-/m1/s1. The van der Waals surface area contributed by atoms with E-state index in [4.69, 9.17) is 15.2 Å². The minimum absolute atomic E-state index is 0.0113. The van der Waals surface area contributed by atoms with Crippen LogP contribution in [0, 0.1) is 5.92 Å². The lowest BCUT2D eigenvalue weighted by atomic mass is 10.1. The number of hydrogen-bond donors (Lipinski definition) is 1. The van der Waals surface area contributed by atoms with Gasteiger partial charge in [-0.2, -0.15) is 0 Å². The van der Waals surface area contributed by atoms with Gasteiger partial charge in [0.2, 0.25) is 0 Å². The van der Waals surface area contributed by atoms with E-state index < -0.39 is 0 Å². The topological polar surface area (TPSA) is 44.5 Å². The molecule has 0 saturated heterocycles. The van der Waals surface area contributed by atoms with Crippen LogP contribution in [0.1, 0.15) is 32.4 Å². The summed E-state index contributed by atoms with van der Waals surface area (Å²) in [5, 5.41) is 0. The van der Waals surface area contributed by atoms with Crippen molar-refractivity contribution in [2.75, 3.05) is 19.8 Å². The number of para-hydroxylation sites is 1. The van der Waals surface area contributed by atoms with Crippen molar-refractivity contribution in [3.8, 4) is 5.75 Å². The van der Waals surface area contributed by atoms with Gasteiger partial charge in [0.15, 0.2) is 0 Å². The van der Waals surface area contributed by atoms with E-state index in [0.717, 1.165) is 17.9 Å². The van der Waals surface area contributed by atoms with Gasteiger partial charge in [0, 0.05) is 18.2 Å². The van der Waals surface area contributed by atoms with Crippen molar-refractivity contribution < 1.29 is 9.47 Å². The van der Waals surface area contributed by atoms with E-state index in [1.807, 2.05) is 31.2 Å². The van der Waals surface area contributed by atoms with E-state index in [1.165, 1.54) is 0 Å². The summed E-state index contributed by atoms with van der Waals surface area (Å²) in [5.74, 6) is 1.42. The summed E-state index contributed by atoms with van der Waals surface area (Å²) >= 11 is 0. The highest BCUT2D eigenvalue weighted by Gasteiger charge is 2.06. The molecule has 0 amide bonds. The predicted molar refractivity (Wildman–Crippen MR) is 70.2 cm³/mol. The second-order valence-corrected chi connectivity index (χ2v) is 4.64. The van der Waals surface area contributed by atoms with Crippen molar-refractivity contribution in [3.05, 3.63) is 29.8 Å². The van der Waals surface area contributed by atoms with E-state index in [1.54, 1.807) is 0 Å². The van der Waals surface area contributed by atoms with Crippen molar-refractivity contribution in [2.45, 2.75) is 26.8 Å². The Labute approximate surface area is 104 Å². The molecule has 0 aliphatic rings. The molecule has 0 heterocycles. The van der Waals surface area contributed by atoms with Gasteiger partial charge < -0.3 is 15.2 Å². The normalized spacial score (nSPS) is 12.8. The van der Waals surface area contributed by atoms with Crippen LogP contribution in [0.5, 0.6) is 5.75 Å². The molecule has 1 rings (SSSR count). The quantitative estimate of drug-likeness (QED) is 0.742. The van der Waals surface area contributed by atoms with E-state index in [9.17, 15) is 0 Å². The molecule has 3 nitrogen and oxygen atoms in total. The molecular formula is C14H23NO2. The first-order valence-corrected chi connectivity index (χ1v) is 6.16. The zero-order valence-corrected chi connectivity index (χ0v) is 11.0. The fourth-order valence-corrected chi connectivity index (χ4v) is 1.52. The lowest BCUT2D eigenvalue weighted by molar-refractivity contribution is 0.0815. The van der Waals surface area contributed by atoms with Crippen molar-refractivity contribution in [1.29, 1.82) is 0 Å². The fraction of sp³-hybridized carbons (Fsp3) is 0.571. The molecule has 0 aliphatic heterocycles. The minimum atomic E-state index is -0.0113. The highest BCUT2D eigenvalue weighted by atomic mass is 16.5. The summed E-state index contributed by atoms with van der Waals surface area (Å²) in [4.78, 5) is 0. The summed E-state index contributed by atoms with van der Waals surface area (Å²) in [6, 6.07) is 7.86. The monoisotopic (exact) mass is 237 g/mol. The van der Waals surface area contributed by atoms with Gasteiger partial charge in [0.05, 0.1) is 6.61 Å². The van der Waals surface area contributed by atoms with Gasteiger partial charge in [0.25, 0.3) is 0 Å². The Hall–Kier alpha value is -1.06. The van der Waals surface area contributed by atoms with Gasteiger partial charge >= 0.3 is 0 Å². The molecule has 0 fully saturated rings. The highest BCUT2D eigenvalue weighted by molar-refractivity contribution is 5.35. The molecule has 0 aliphatic carbocycles. The van der Waals surface area contributed by atoms with Crippen LogP contribution in [-0.4, -0.2) is 19.8 Å². The predicted octanol–water partition coefficient (Wildman–Crippen LogP) is 2.76. The molecule has 2 N–H and O–H groups in total. The average molecular weight is 237 g/mol. The molecule has 1 aromatic rings. The average Bonchev–Trinajstić information content (AvgIpc) is 2.28. The van der Waals surface area contributed by atoms with E-state index in [0.29, 0.717) is 19.1 Å². The van der Waals surface area contributed by atoms with E-state index in [2.05, 4.69) is 13.8 Å². The zero-order chi connectivity index (χ0) is 12.7. The maximum absolute atomic E-state index is 5.87. The molecule has 0 bridgehead atoms. The summed E-state index contributed by atoms with van der Waals surface area (Å²) < 4.78 is 11.1. The second-order valence-electron chi connectivity index (χ2n) is 4.64. The molecule has 17 heavy (non-hydrogen) atoms. The molecule has 1 atom stereocenters. The molecular weight excluding hydrogens is 214 g/mol. The highest BCUT2D eigenvalue weighted by Crippen LogP contribution is 2.22. The van der Waals surface area contributed by atoms with Crippen LogP contribution in [0.15, 0.2) is 24.3 Å². The van der Waals surface area contributed by atoms with E-state index in [-0.39, 0.29) is 6.04 Å². The van der Waals surface area contributed by atoms with Gasteiger partial charge in [-0.05, 0) is 18.9 Å². The molecule has 0 unspecified atom stereocenters. The zero-order valence-electron chi connectivity index (χ0n) is 11.0. The van der Waals surface area contributed by atoms with Crippen LogP contribution in [-0.2, 0) is 4.74 Å². The first-order chi connectivity index (χ1) is 8.11. The first kappa shape index (κ1) is 14.0. The Morgan fingerprint density at radius 1 is 1.12 bits per heavy atom. The maximum atomic E-state index is 5.87. The molecule has 0 saturated carbocycles. The minimum Gasteiger partial charge on any atom is -0.491 e. The number of ether oxygens (including phenoxy) is 2. The SMILES string of the molecule is CC(C)COCCOc1ccccc1[C@@H](C)N. The Morgan fingerprint density at radius 2 is 1.82 bits per heavy atom. The van der Waals surface area contributed by atoms with Gasteiger partial charge in [-0.1, -0.05) is 32.0 Å². The van der Waals surface area contributed by atoms with Crippen LogP contribution in [0.2, 0.25) is 0 Å². The Kier molecular flexibility index (Phi) is 6.01. The molecule has 0 spiro atoms. The summed E-state index contributed by atoms with van der Waals surface area (Å²) in [5.41, 5.74) is 6.91. The first-order valence-electron chi connectivity index (χ1n) is 6.16. The number of benzene rings is 1. The molecule has 96 valence electrons. The Balaban J connectivity index is 2.36. The van der Waals surface area contributed by atoms with Crippen molar-refractivity contribution in [2.24, 2.45) is 11.7 Å². The van der Waals surface area contributed by atoms with Crippen LogP contribution in [0.25, 0.3) is 0 Å². The van der Waals surface area contributed by atoms with Gasteiger partial charge in [-0.25, -0.2) is 0 Å². The van der Waals surface area contributed by atoms with Crippen LogP contribution in [0.3, 0.4) is 0 Å². The maximum Gasteiger partial charge on any atom is 0.124 e. The summed E-state index contributed by atoms with van der Waals surface area (Å²) in [7, 11) is 0. The summed E-state index contributed by atoms with van der Waals surface area (Å²) in [6.45, 7) is 8.18. The third-order valence-electron chi connectivity index (χ3n) is 2.35. The molecule has 3 heteroatoms. The Morgan fingerprint density at radius 3 is 2.47 bits per heavy atom. The number of nitrogens with two attached hydrogens (primary N) is 1. The van der Waals surface area contributed by atoms with E-state index >= 15 is 0 Å². The molecule has 0 aromatic heterocycles. The van der Waals surface area contributed by atoms with Crippen LogP contribution in [0.4, 0.5) is 0 Å². The van der Waals surface area contributed by atoms with Crippen molar-refractivity contribution in [1.82, 2.24) is 0 Å². The van der Waals surface area contributed by atoms with Gasteiger partial charge in [0.1, 0.15) is 12.4 Å². The van der Waals surface area contributed by atoms with Crippen LogP contribution >= 0.6 is 0 Å². The lowest BCUT2D eigenvalue weighted by Crippen LogP contribution is -2.12. The third-order valence-corrected chi connectivity index (χ3v) is 2.35.